The lowest BCUT2D eigenvalue weighted by atomic mass is 10.1. The topological polar surface area (TPSA) is 78.3 Å². The van der Waals surface area contributed by atoms with Crippen molar-refractivity contribution in [2.75, 3.05) is 6.61 Å². The first kappa shape index (κ1) is 14.1. The summed E-state index contributed by atoms with van der Waals surface area (Å²) >= 11 is 0. The summed E-state index contributed by atoms with van der Waals surface area (Å²) in [5, 5.41) is 0. The van der Waals surface area contributed by atoms with E-state index < -0.39 is 7.67 Å². The van der Waals surface area contributed by atoms with E-state index in [0.29, 0.717) is 6.61 Å². The van der Waals surface area contributed by atoms with Crippen LogP contribution < -0.4 is 11.0 Å². The third-order valence-electron chi connectivity index (χ3n) is 2.04. The molecule has 86 valence electrons. The summed E-state index contributed by atoms with van der Waals surface area (Å²) < 4.78 is 15.5. The molecule has 0 aromatic rings. The average Bonchev–Trinajstić information content (AvgIpc) is 2.08. The molecule has 0 aromatic carbocycles. The molecule has 0 radical (unpaired) electrons. The minimum atomic E-state index is -3.23. The fraction of sp³-hybridized carbons (Fsp3) is 1.00. The van der Waals surface area contributed by atoms with E-state index in [-0.39, 0.29) is 0 Å². The highest BCUT2D eigenvalue weighted by Gasteiger charge is 2.06. The van der Waals surface area contributed by atoms with Gasteiger partial charge < -0.3 is 4.52 Å². The number of hydrogen-bond donors (Lipinski definition) is 2. The Labute approximate surface area is 86.9 Å². The van der Waals surface area contributed by atoms with Crippen LogP contribution in [-0.4, -0.2) is 6.61 Å². The SMILES string of the molecule is CCCCCCCCCOP(N)(N)=O. The van der Waals surface area contributed by atoms with Gasteiger partial charge >= 0.3 is 7.67 Å². The fourth-order valence-corrected chi connectivity index (χ4v) is 1.68. The summed E-state index contributed by atoms with van der Waals surface area (Å²) in [6, 6.07) is 0. The summed E-state index contributed by atoms with van der Waals surface area (Å²) in [7, 11) is -3.23. The van der Waals surface area contributed by atoms with Gasteiger partial charge in [-0.25, -0.2) is 11.0 Å². The monoisotopic (exact) mass is 222 g/mol. The predicted molar refractivity (Wildman–Crippen MR) is 59.9 cm³/mol. The zero-order valence-electron chi connectivity index (χ0n) is 9.08. The summed E-state index contributed by atoms with van der Waals surface area (Å²) in [4.78, 5) is 0. The molecule has 0 amide bonds. The van der Waals surface area contributed by atoms with Crippen molar-refractivity contribution >= 4 is 7.67 Å². The molecule has 0 saturated heterocycles. The lowest BCUT2D eigenvalue weighted by molar-refractivity contribution is 0.302. The van der Waals surface area contributed by atoms with Crippen molar-refractivity contribution in [3.63, 3.8) is 0 Å². The van der Waals surface area contributed by atoms with Crippen LogP contribution in [0.3, 0.4) is 0 Å². The van der Waals surface area contributed by atoms with E-state index in [2.05, 4.69) is 6.92 Å². The van der Waals surface area contributed by atoms with Crippen LogP contribution in [0.4, 0.5) is 0 Å². The predicted octanol–water partition coefficient (Wildman–Crippen LogP) is 2.78. The average molecular weight is 222 g/mol. The zero-order chi connectivity index (χ0) is 10.9. The highest BCUT2D eigenvalue weighted by atomic mass is 31.2. The number of rotatable bonds is 9. The lowest BCUT2D eigenvalue weighted by Crippen LogP contribution is -2.08. The van der Waals surface area contributed by atoms with Crippen molar-refractivity contribution in [1.82, 2.24) is 0 Å². The molecule has 0 fully saturated rings. The standard InChI is InChI=1S/C9H23N2O2P/c1-2-3-4-5-6-7-8-9-13-14(10,11)12/h2-9H2,1H3,(H4,10,11,12). The van der Waals surface area contributed by atoms with E-state index in [1.165, 1.54) is 32.1 Å². The minimum Gasteiger partial charge on any atom is -0.306 e. The van der Waals surface area contributed by atoms with Crippen LogP contribution in [0.15, 0.2) is 0 Å². The minimum absolute atomic E-state index is 0.415. The quantitative estimate of drug-likeness (QED) is 0.464. The Morgan fingerprint density at radius 2 is 1.50 bits per heavy atom. The van der Waals surface area contributed by atoms with E-state index in [4.69, 9.17) is 15.5 Å². The molecule has 0 unspecified atom stereocenters. The molecular weight excluding hydrogens is 199 g/mol. The molecule has 5 heteroatoms. The molecule has 4 nitrogen and oxygen atoms in total. The lowest BCUT2D eigenvalue weighted by Gasteiger charge is -2.06. The van der Waals surface area contributed by atoms with Gasteiger partial charge in [-0.05, 0) is 6.42 Å². The first-order chi connectivity index (χ1) is 6.56. The second kappa shape index (κ2) is 8.42. The van der Waals surface area contributed by atoms with Crippen molar-refractivity contribution < 1.29 is 9.09 Å². The van der Waals surface area contributed by atoms with Gasteiger partial charge in [0.05, 0.1) is 6.61 Å². The van der Waals surface area contributed by atoms with Crippen molar-refractivity contribution in [1.29, 1.82) is 0 Å². The zero-order valence-corrected chi connectivity index (χ0v) is 9.97. The van der Waals surface area contributed by atoms with Crippen LogP contribution in [0.5, 0.6) is 0 Å². The molecule has 0 aliphatic carbocycles. The summed E-state index contributed by atoms with van der Waals surface area (Å²) in [5.41, 5.74) is 10.1. The molecule has 0 saturated carbocycles. The third kappa shape index (κ3) is 12.1. The van der Waals surface area contributed by atoms with E-state index in [1.807, 2.05) is 0 Å². The second-order valence-electron chi connectivity index (χ2n) is 3.60. The molecule has 0 aromatic heterocycles. The number of hydrogen-bond acceptors (Lipinski definition) is 2. The van der Waals surface area contributed by atoms with Gasteiger partial charge in [0.2, 0.25) is 0 Å². The Balaban J connectivity index is 3.03. The first-order valence-corrected chi connectivity index (χ1v) is 7.14. The van der Waals surface area contributed by atoms with Crippen LogP contribution in [0, 0.1) is 0 Å². The van der Waals surface area contributed by atoms with Gasteiger partial charge in [-0.3, -0.25) is 4.57 Å². The second-order valence-corrected chi connectivity index (χ2v) is 5.15. The van der Waals surface area contributed by atoms with Crippen LogP contribution in [0.25, 0.3) is 0 Å². The van der Waals surface area contributed by atoms with Crippen LogP contribution >= 0.6 is 7.67 Å². The van der Waals surface area contributed by atoms with Gasteiger partial charge in [-0.2, -0.15) is 0 Å². The van der Waals surface area contributed by atoms with Gasteiger partial charge in [0, 0.05) is 0 Å². The highest BCUT2D eigenvalue weighted by Crippen LogP contribution is 2.26. The molecular formula is C9H23N2O2P. The van der Waals surface area contributed by atoms with Crippen molar-refractivity contribution in [3.8, 4) is 0 Å². The molecule has 0 rings (SSSR count). The normalized spacial score (nSPS) is 11.9. The van der Waals surface area contributed by atoms with E-state index in [1.54, 1.807) is 0 Å². The maximum absolute atomic E-state index is 10.7. The van der Waals surface area contributed by atoms with Gasteiger partial charge in [0.15, 0.2) is 0 Å². The summed E-state index contributed by atoms with van der Waals surface area (Å²) in [6.07, 6.45) is 8.38. The Morgan fingerprint density at radius 3 is 2.00 bits per heavy atom. The van der Waals surface area contributed by atoms with Crippen LogP contribution in [-0.2, 0) is 9.09 Å². The Kier molecular flexibility index (Phi) is 8.49. The van der Waals surface area contributed by atoms with Gasteiger partial charge in [0.1, 0.15) is 0 Å². The van der Waals surface area contributed by atoms with E-state index >= 15 is 0 Å². The van der Waals surface area contributed by atoms with Crippen molar-refractivity contribution in [2.24, 2.45) is 11.0 Å². The Bertz CT molecular complexity index is 170. The Hall–Kier alpha value is 0.110. The van der Waals surface area contributed by atoms with Crippen LogP contribution in [0.1, 0.15) is 51.9 Å². The smallest absolute Gasteiger partial charge is 0.306 e. The molecule has 0 spiro atoms. The maximum Gasteiger partial charge on any atom is 0.335 e. The molecule has 4 N–H and O–H groups in total. The van der Waals surface area contributed by atoms with Gasteiger partial charge in [0.25, 0.3) is 0 Å². The largest absolute Gasteiger partial charge is 0.335 e. The van der Waals surface area contributed by atoms with Gasteiger partial charge in [-0.15, -0.1) is 0 Å². The summed E-state index contributed by atoms with van der Waals surface area (Å²) in [5.74, 6) is 0. The van der Waals surface area contributed by atoms with Crippen molar-refractivity contribution in [3.05, 3.63) is 0 Å². The molecule has 0 heterocycles. The molecule has 0 aliphatic heterocycles. The molecule has 0 atom stereocenters. The first-order valence-electron chi connectivity index (χ1n) is 5.38. The molecule has 0 bridgehead atoms. The Morgan fingerprint density at radius 1 is 1.00 bits per heavy atom. The highest BCUT2D eigenvalue weighted by molar-refractivity contribution is 7.53. The molecule has 0 aliphatic rings. The number of nitrogens with two attached hydrogens (primary N) is 2. The fourth-order valence-electron chi connectivity index (χ4n) is 1.27. The molecule has 14 heavy (non-hydrogen) atoms. The van der Waals surface area contributed by atoms with E-state index in [9.17, 15) is 4.57 Å². The third-order valence-corrected chi connectivity index (χ3v) is 2.63. The summed E-state index contributed by atoms with van der Waals surface area (Å²) in [6.45, 7) is 2.62. The number of unbranched alkanes of at least 4 members (excludes halogenated alkanes) is 6. The van der Waals surface area contributed by atoms with Crippen molar-refractivity contribution in [2.45, 2.75) is 51.9 Å². The maximum atomic E-state index is 10.7. The van der Waals surface area contributed by atoms with Gasteiger partial charge in [-0.1, -0.05) is 45.4 Å². The van der Waals surface area contributed by atoms with Crippen LogP contribution in [0.2, 0.25) is 0 Å². The van der Waals surface area contributed by atoms with E-state index in [0.717, 1.165) is 12.8 Å².